The number of amides is 1. The van der Waals surface area contributed by atoms with Gasteiger partial charge in [0.1, 0.15) is 18.0 Å². The Kier molecular flexibility index (Phi) is 6.17. The van der Waals surface area contributed by atoms with E-state index in [9.17, 15) is 9.90 Å². The Bertz CT molecular complexity index is 1120. The molecule has 0 aromatic carbocycles. The molecule has 1 fully saturated rings. The number of aromatic nitrogens is 5. The molecule has 4 rings (SSSR count). The predicted molar refractivity (Wildman–Crippen MR) is 114 cm³/mol. The number of imidazole rings is 1. The fraction of sp³-hybridized carbons (Fsp3) is 0.450. The number of hydroxylamine groups is 1. The van der Waals surface area contributed by atoms with Crippen molar-refractivity contribution in [3.8, 4) is 17.1 Å². The van der Waals surface area contributed by atoms with E-state index in [1.807, 2.05) is 13.8 Å². The van der Waals surface area contributed by atoms with Crippen LogP contribution < -0.4 is 15.5 Å². The van der Waals surface area contributed by atoms with E-state index in [2.05, 4.69) is 35.6 Å². The monoisotopic (exact) mass is 443 g/mol. The highest BCUT2D eigenvalue weighted by Gasteiger charge is 2.40. The van der Waals surface area contributed by atoms with Gasteiger partial charge in [0.05, 0.1) is 25.7 Å². The van der Waals surface area contributed by atoms with Crippen LogP contribution in [0.5, 0.6) is 5.75 Å². The van der Waals surface area contributed by atoms with Gasteiger partial charge in [-0.05, 0) is 19.9 Å². The summed E-state index contributed by atoms with van der Waals surface area (Å²) >= 11 is 0. The minimum absolute atomic E-state index is 0.00555. The molecule has 12 nitrogen and oxygen atoms in total. The standard InChI is InChI=1S/C20H25N7O5/c1-10(2)31-12-5-11(7-22-8-12)16-24-17(21-3)15-18(25-16)27(9-23-15)20-13(28)6-14(32-20)19(29)26-30-4/h5,7-10,13-14,20,28H,6H2,1-4H3,(H,26,29)(H,21,24,25)/t13-,14+,20-/m1/s1. The number of fused-ring (bicyclic) bond motifs is 1. The number of anilines is 1. The van der Waals surface area contributed by atoms with E-state index < -0.39 is 24.3 Å². The van der Waals surface area contributed by atoms with Crippen molar-refractivity contribution in [1.82, 2.24) is 30.0 Å². The number of carbonyl (C=O) groups is 1. The van der Waals surface area contributed by atoms with Crippen LogP contribution in [-0.4, -0.2) is 68.0 Å². The van der Waals surface area contributed by atoms with Crippen molar-refractivity contribution in [3.63, 3.8) is 0 Å². The Morgan fingerprint density at radius 1 is 1.34 bits per heavy atom. The Balaban J connectivity index is 1.73. The molecule has 12 heteroatoms. The molecular formula is C20H25N7O5. The zero-order chi connectivity index (χ0) is 22.8. The van der Waals surface area contributed by atoms with E-state index in [1.54, 1.807) is 30.1 Å². The Morgan fingerprint density at radius 3 is 2.88 bits per heavy atom. The summed E-state index contributed by atoms with van der Waals surface area (Å²) in [5.41, 5.74) is 3.81. The minimum atomic E-state index is -0.944. The molecule has 3 aromatic rings. The molecule has 32 heavy (non-hydrogen) atoms. The van der Waals surface area contributed by atoms with Gasteiger partial charge in [0, 0.05) is 25.2 Å². The molecule has 1 saturated heterocycles. The molecule has 0 aliphatic carbocycles. The summed E-state index contributed by atoms with van der Waals surface area (Å²) in [6.07, 6.45) is 2.20. The Hall–Kier alpha value is -3.35. The highest BCUT2D eigenvalue weighted by Crippen LogP contribution is 2.33. The van der Waals surface area contributed by atoms with Crippen molar-refractivity contribution < 1.29 is 24.2 Å². The molecule has 0 radical (unpaired) electrons. The summed E-state index contributed by atoms with van der Waals surface area (Å²) in [6.45, 7) is 3.86. The van der Waals surface area contributed by atoms with Gasteiger partial charge in [0.2, 0.25) is 0 Å². The number of aliphatic hydroxyl groups excluding tert-OH is 1. The fourth-order valence-electron chi connectivity index (χ4n) is 3.52. The first-order valence-corrected chi connectivity index (χ1v) is 10.1. The van der Waals surface area contributed by atoms with Gasteiger partial charge in [0.15, 0.2) is 29.0 Å². The molecule has 3 atom stereocenters. The SMILES string of the molecule is CNc1nc(-c2cncc(OC(C)C)c2)nc2c1ncn2[C@@H]1O[C@H](C(=O)NOC)C[C@H]1O. The number of hydrogen-bond donors (Lipinski definition) is 3. The van der Waals surface area contributed by atoms with Crippen LogP contribution in [0.15, 0.2) is 24.8 Å². The number of ether oxygens (including phenoxy) is 2. The number of nitrogens with zero attached hydrogens (tertiary/aromatic N) is 5. The third-order valence-corrected chi connectivity index (χ3v) is 4.86. The predicted octanol–water partition coefficient (Wildman–Crippen LogP) is 1.04. The Labute approximate surface area is 183 Å². The van der Waals surface area contributed by atoms with E-state index >= 15 is 0 Å². The lowest BCUT2D eigenvalue weighted by Crippen LogP contribution is -2.33. The lowest BCUT2D eigenvalue weighted by Gasteiger charge is -2.17. The molecule has 1 aliphatic rings. The minimum Gasteiger partial charge on any atom is -0.489 e. The number of rotatable bonds is 7. The Morgan fingerprint density at radius 2 is 2.16 bits per heavy atom. The highest BCUT2D eigenvalue weighted by atomic mass is 16.6. The van der Waals surface area contributed by atoms with Crippen molar-refractivity contribution in [3.05, 3.63) is 24.8 Å². The first kappa shape index (κ1) is 21.9. The zero-order valence-corrected chi connectivity index (χ0v) is 18.1. The van der Waals surface area contributed by atoms with Gasteiger partial charge in [-0.1, -0.05) is 0 Å². The van der Waals surface area contributed by atoms with Gasteiger partial charge >= 0.3 is 0 Å². The number of carbonyl (C=O) groups excluding carboxylic acids is 1. The number of pyridine rings is 1. The first-order chi connectivity index (χ1) is 15.4. The van der Waals surface area contributed by atoms with Gasteiger partial charge in [0.25, 0.3) is 5.91 Å². The number of nitrogens with one attached hydrogen (secondary N) is 2. The van der Waals surface area contributed by atoms with Crippen LogP contribution in [-0.2, 0) is 14.4 Å². The number of hydrogen-bond acceptors (Lipinski definition) is 10. The zero-order valence-electron chi connectivity index (χ0n) is 18.1. The fourth-order valence-corrected chi connectivity index (χ4v) is 3.52. The van der Waals surface area contributed by atoms with E-state index in [-0.39, 0.29) is 12.5 Å². The lowest BCUT2D eigenvalue weighted by molar-refractivity contribution is -0.145. The maximum atomic E-state index is 12.1. The average molecular weight is 443 g/mol. The molecule has 0 spiro atoms. The maximum absolute atomic E-state index is 12.1. The van der Waals surface area contributed by atoms with Crippen LogP contribution in [0.1, 0.15) is 26.5 Å². The van der Waals surface area contributed by atoms with E-state index in [0.717, 1.165) is 0 Å². The van der Waals surface area contributed by atoms with Gasteiger partial charge < -0.3 is 19.9 Å². The van der Waals surface area contributed by atoms with E-state index in [1.165, 1.54) is 13.4 Å². The van der Waals surface area contributed by atoms with Crippen molar-refractivity contribution >= 4 is 22.9 Å². The van der Waals surface area contributed by atoms with Gasteiger partial charge in [-0.15, -0.1) is 0 Å². The number of aliphatic hydroxyl groups is 1. The quantitative estimate of drug-likeness (QED) is 0.453. The molecule has 3 aromatic heterocycles. The second kappa shape index (κ2) is 9.02. The molecule has 170 valence electrons. The second-order valence-corrected chi connectivity index (χ2v) is 7.53. The molecule has 0 bridgehead atoms. The van der Waals surface area contributed by atoms with E-state index in [4.69, 9.17) is 9.47 Å². The molecule has 3 N–H and O–H groups in total. The first-order valence-electron chi connectivity index (χ1n) is 10.1. The summed E-state index contributed by atoms with van der Waals surface area (Å²) in [5.74, 6) is 1.02. The van der Waals surface area contributed by atoms with Crippen molar-refractivity contribution in [2.24, 2.45) is 0 Å². The topological polar surface area (TPSA) is 146 Å². The second-order valence-electron chi connectivity index (χ2n) is 7.53. The van der Waals surface area contributed by atoms with Crippen LogP contribution in [0.25, 0.3) is 22.6 Å². The molecule has 0 saturated carbocycles. The summed E-state index contributed by atoms with van der Waals surface area (Å²) in [7, 11) is 3.06. The lowest BCUT2D eigenvalue weighted by atomic mass is 10.2. The molecule has 1 amide bonds. The smallest absolute Gasteiger partial charge is 0.272 e. The van der Waals surface area contributed by atoms with Crippen molar-refractivity contribution in [2.75, 3.05) is 19.5 Å². The third-order valence-electron chi connectivity index (χ3n) is 4.86. The van der Waals surface area contributed by atoms with Crippen LogP contribution in [0.3, 0.4) is 0 Å². The van der Waals surface area contributed by atoms with Crippen LogP contribution in [0, 0.1) is 0 Å². The summed E-state index contributed by atoms with van der Waals surface area (Å²) < 4.78 is 13.1. The molecule has 1 aliphatic heterocycles. The summed E-state index contributed by atoms with van der Waals surface area (Å²) in [4.78, 5) is 34.5. The molecular weight excluding hydrogens is 418 g/mol. The van der Waals surface area contributed by atoms with Crippen molar-refractivity contribution in [1.29, 1.82) is 0 Å². The molecule has 4 heterocycles. The van der Waals surface area contributed by atoms with Gasteiger partial charge in [-0.3, -0.25) is 19.2 Å². The average Bonchev–Trinajstić information content (AvgIpc) is 3.36. The van der Waals surface area contributed by atoms with Gasteiger partial charge in [-0.2, -0.15) is 0 Å². The summed E-state index contributed by atoms with van der Waals surface area (Å²) in [5, 5.41) is 13.6. The normalized spacial score (nSPS) is 20.6. The van der Waals surface area contributed by atoms with Crippen LogP contribution >= 0.6 is 0 Å². The van der Waals surface area contributed by atoms with Crippen molar-refractivity contribution in [2.45, 2.75) is 44.8 Å². The highest BCUT2D eigenvalue weighted by molar-refractivity contribution is 5.85. The van der Waals surface area contributed by atoms with Crippen LogP contribution in [0.4, 0.5) is 5.82 Å². The summed E-state index contributed by atoms with van der Waals surface area (Å²) in [6, 6.07) is 1.81. The third kappa shape index (κ3) is 4.20. The largest absolute Gasteiger partial charge is 0.489 e. The van der Waals surface area contributed by atoms with Crippen LogP contribution in [0.2, 0.25) is 0 Å². The van der Waals surface area contributed by atoms with E-state index in [0.29, 0.717) is 34.1 Å². The molecule has 0 unspecified atom stereocenters. The maximum Gasteiger partial charge on any atom is 0.272 e. The van der Waals surface area contributed by atoms with Gasteiger partial charge in [-0.25, -0.2) is 20.4 Å².